The summed E-state index contributed by atoms with van der Waals surface area (Å²) in [6, 6.07) is 5.42. The van der Waals surface area contributed by atoms with Crippen molar-refractivity contribution >= 4 is 29.4 Å². The molecule has 120 valence electrons. The summed E-state index contributed by atoms with van der Waals surface area (Å²) in [5, 5.41) is 14.1. The Morgan fingerprint density at radius 3 is 2.59 bits per heavy atom. The van der Waals surface area contributed by atoms with Crippen molar-refractivity contribution in [1.82, 2.24) is 10.6 Å². The van der Waals surface area contributed by atoms with E-state index in [-0.39, 0.29) is 13.0 Å². The second kappa shape index (κ2) is 9.01. The van der Waals surface area contributed by atoms with Gasteiger partial charge in [0.1, 0.15) is 0 Å². The SMILES string of the molecule is COC(=O)[C@@H](CO)NC(=O)CCNC(=O)c1ccccc1Cl. The fourth-order valence-corrected chi connectivity index (χ4v) is 1.84. The molecule has 0 aromatic heterocycles. The van der Waals surface area contributed by atoms with Gasteiger partial charge in [-0.2, -0.15) is 0 Å². The zero-order valence-electron chi connectivity index (χ0n) is 12.0. The first-order valence-electron chi connectivity index (χ1n) is 6.50. The number of benzene rings is 1. The largest absolute Gasteiger partial charge is 0.467 e. The average Bonchev–Trinajstić information content (AvgIpc) is 2.52. The molecule has 1 aromatic rings. The number of nitrogens with one attached hydrogen (secondary N) is 2. The summed E-state index contributed by atoms with van der Waals surface area (Å²) in [7, 11) is 1.15. The van der Waals surface area contributed by atoms with Crippen molar-refractivity contribution in [3.8, 4) is 0 Å². The lowest BCUT2D eigenvalue weighted by Crippen LogP contribution is -2.44. The number of methoxy groups -OCH3 is 1. The van der Waals surface area contributed by atoms with Gasteiger partial charge in [0.05, 0.1) is 24.3 Å². The number of ether oxygens (including phenoxy) is 1. The predicted octanol–water partition coefficient (Wildman–Crippen LogP) is 0.110. The first-order valence-corrected chi connectivity index (χ1v) is 6.88. The second-order valence-electron chi connectivity index (χ2n) is 4.31. The van der Waals surface area contributed by atoms with Crippen LogP contribution in [-0.4, -0.2) is 49.2 Å². The van der Waals surface area contributed by atoms with Crippen molar-refractivity contribution < 1.29 is 24.2 Å². The van der Waals surface area contributed by atoms with Crippen molar-refractivity contribution in [2.75, 3.05) is 20.3 Å². The molecule has 0 spiro atoms. The van der Waals surface area contributed by atoms with E-state index in [2.05, 4.69) is 15.4 Å². The van der Waals surface area contributed by atoms with E-state index in [1.807, 2.05) is 0 Å². The molecule has 0 aliphatic carbocycles. The minimum absolute atomic E-state index is 0.0519. The number of carbonyl (C=O) groups is 3. The maximum absolute atomic E-state index is 11.8. The molecule has 0 saturated heterocycles. The summed E-state index contributed by atoms with van der Waals surface area (Å²) in [6.45, 7) is -0.500. The highest BCUT2D eigenvalue weighted by atomic mass is 35.5. The van der Waals surface area contributed by atoms with Gasteiger partial charge >= 0.3 is 5.97 Å². The summed E-state index contributed by atoms with van der Waals surface area (Å²) in [6.07, 6.45) is -0.0519. The zero-order valence-corrected chi connectivity index (χ0v) is 12.7. The number of carbonyl (C=O) groups excluding carboxylic acids is 3. The van der Waals surface area contributed by atoms with Crippen molar-refractivity contribution in [1.29, 1.82) is 0 Å². The minimum Gasteiger partial charge on any atom is -0.467 e. The Labute approximate surface area is 132 Å². The number of hydrogen-bond acceptors (Lipinski definition) is 5. The maximum atomic E-state index is 11.8. The smallest absolute Gasteiger partial charge is 0.330 e. The molecule has 0 aliphatic rings. The van der Waals surface area contributed by atoms with Crippen molar-refractivity contribution in [3.05, 3.63) is 34.9 Å². The highest BCUT2D eigenvalue weighted by Gasteiger charge is 2.20. The van der Waals surface area contributed by atoms with Crippen molar-refractivity contribution in [3.63, 3.8) is 0 Å². The van der Waals surface area contributed by atoms with Gasteiger partial charge in [-0.1, -0.05) is 23.7 Å². The Morgan fingerprint density at radius 2 is 2.00 bits per heavy atom. The number of halogens is 1. The quantitative estimate of drug-likeness (QED) is 0.616. The van der Waals surface area contributed by atoms with Gasteiger partial charge in [-0.25, -0.2) is 4.79 Å². The summed E-state index contributed by atoms with van der Waals surface area (Å²) < 4.78 is 4.42. The van der Waals surface area contributed by atoms with Gasteiger partial charge in [0.2, 0.25) is 5.91 Å². The molecule has 3 N–H and O–H groups in total. The fourth-order valence-electron chi connectivity index (χ4n) is 1.62. The highest BCUT2D eigenvalue weighted by molar-refractivity contribution is 6.33. The number of aliphatic hydroxyl groups excluding tert-OH is 1. The van der Waals surface area contributed by atoms with Gasteiger partial charge in [-0.15, -0.1) is 0 Å². The van der Waals surface area contributed by atoms with Gasteiger partial charge in [-0.3, -0.25) is 9.59 Å². The van der Waals surface area contributed by atoms with Crippen LogP contribution in [0, 0.1) is 0 Å². The average molecular weight is 329 g/mol. The molecule has 22 heavy (non-hydrogen) atoms. The first kappa shape index (κ1) is 17.9. The zero-order chi connectivity index (χ0) is 16.5. The second-order valence-corrected chi connectivity index (χ2v) is 4.72. The van der Waals surface area contributed by atoms with Gasteiger partial charge in [0, 0.05) is 13.0 Å². The van der Waals surface area contributed by atoms with E-state index in [4.69, 9.17) is 16.7 Å². The minimum atomic E-state index is -1.11. The van der Waals surface area contributed by atoms with Crippen molar-refractivity contribution in [2.45, 2.75) is 12.5 Å². The Bertz CT molecular complexity index is 550. The molecule has 0 bridgehead atoms. The first-order chi connectivity index (χ1) is 10.5. The van der Waals surface area contributed by atoms with Crippen LogP contribution >= 0.6 is 11.6 Å². The third-order valence-electron chi connectivity index (χ3n) is 2.76. The number of amides is 2. The molecule has 2 amide bonds. The van der Waals surface area contributed by atoms with Crippen molar-refractivity contribution in [2.24, 2.45) is 0 Å². The van der Waals surface area contributed by atoms with Crippen LogP contribution in [0.25, 0.3) is 0 Å². The number of aliphatic hydroxyl groups is 1. The number of rotatable bonds is 7. The monoisotopic (exact) mass is 328 g/mol. The molecule has 0 unspecified atom stereocenters. The molecule has 0 radical (unpaired) electrons. The summed E-state index contributed by atoms with van der Waals surface area (Å²) in [5.74, 6) is -1.63. The lowest BCUT2D eigenvalue weighted by molar-refractivity contribution is -0.146. The van der Waals surface area contributed by atoms with E-state index in [0.717, 1.165) is 7.11 Å². The third kappa shape index (κ3) is 5.34. The van der Waals surface area contributed by atoms with Gasteiger partial charge < -0.3 is 20.5 Å². The number of esters is 1. The van der Waals surface area contributed by atoms with Gasteiger partial charge in [0.15, 0.2) is 6.04 Å². The molecule has 1 aromatic carbocycles. The number of hydrogen-bond donors (Lipinski definition) is 3. The lowest BCUT2D eigenvalue weighted by Gasteiger charge is -2.14. The van der Waals surface area contributed by atoms with Crippen LogP contribution in [-0.2, 0) is 14.3 Å². The summed E-state index contributed by atoms with van der Waals surface area (Å²) >= 11 is 5.88. The molecular weight excluding hydrogens is 312 g/mol. The highest BCUT2D eigenvalue weighted by Crippen LogP contribution is 2.14. The van der Waals surface area contributed by atoms with E-state index < -0.39 is 30.4 Å². The van der Waals surface area contributed by atoms with Crippen LogP contribution < -0.4 is 10.6 Å². The molecule has 0 saturated carbocycles. The summed E-state index contributed by atoms with van der Waals surface area (Å²) in [5.41, 5.74) is 0.312. The Morgan fingerprint density at radius 1 is 1.32 bits per heavy atom. The lowest BCUT2D eigenvalue weighted by atomic mass is 10.2. The maximum Gasteiger partial charge on any atom is 0.330 e. The van der Waals surface area contributed by atoms with Crippen LogP contribution in [0.5, 0.6) is 0 Å². The molecule has 8 heteroatoms. The Hall–Kier alpha value is -2.12. The Balaban J connectivity index is 2.41. The van der Waals surface area contributed by atoms with Crippen LogP contribution in [0.1, 0.15) is 16.8 Å². The van der Waals surface area contributed by atoms with Gasteiger partial charge in [0.25, 0.3) is 5.91 Å². The standard InChI is InChI=1S/C14H17ClN2O5/c1-22-14(21)11(8-18)17-12(19)6-7-16-13(20)9-4-2-3-5-10(9)15/h2-5,11,18H,6-8H2,1H3,(H,16,20)(H,17,19)/t11-/m1/s1. The van der Waals surface area contributed by atoms with E-state index in [0.29, 0.717) is 10.6 Å². The van der Waals surface area contributed by atoms with Gasteiger partial charge in [-0.05, 0) is 12.1 Å². The molecule has 0 fully saturated rings. The normalized spacial score (nSPS) is 11.4. The van der Waals surface area contributed by atoms with E-state index in [1.54, 1.807) is 24.3 Å². The predicted molar refractivity (Wildman–Crippen MR) is 79.4 cm³/mol. The van der Waals surface area contributed by atoms with E-state index in [9.17, 15) is 14.4 Å². The molecule has 0 heterocycles. The fraction of sp³-hybridized carbons (Fsp3) is 0.357. The topological polar surface area (TPSA) is 105 Å². The van der Waals surface area contributed by atoms with E-state index in [1.165, 1.54) is 0 Å². The molecule has 7 nitrogen and oxygen atoms in total. The summed E-state index contributed by atoms with van der Waals surface area (Å²) in [4.78, 5) is 34.7. The van der Waals surface area contributed by atoms with Crippen LogP contribution in [0.2, 0.25) is 5.02 Å². The molecule has 1 atom stereocenters. The molecule has 0 aliphatic heterocycles. The van der Waals surface area contributed by atoms with Crippen LogP contribution in [0.3, 0.4) is 0 Å². The molecule has 1 rings (SSSR count). The Kier molecular flexibility index (Phi) is 7.34. The third-order valence-corrected chi connectivity index (χ3v) is 3.09. The van der Waals surface area contributed by atoms with Crippen LogP contribution in [0.4, 0.5) is 0 Å². The van der Waals surface area contributed by atoms with E-state index >= 15 is 0 Å². The van der Waals surface area contributed by atoms with Crippen LogP contribution in [0.15, 0.2) is 24.3 Å². The molecular formula is C14H17ClN2O5.